The number of benzene rings is 1. The summed E-state index contributed by atoms with van der Waals surface area (Å²) < 4.78 is 71.9. The molecule has 0 spiro atoms. The number of alkyl halides is 3. The van der Waals surface area contributed by atoms with Crippen LogP contribution in [0.2, 0.25) is 0 Å². The summed E-state index contributed by atoms with van der Waals surface area (Å²) in [5, 5.41) is 2.83. The molecular formula is C16H22F3NO4S. The molecule has 9 heteroatoms. The van der Waals surface area contributed by atoms with Crippen LogP contribution in [-0.4, -0.2) is 32.7 Å². The molecule has 0 saturated heterocycles. The minimum absolute atomic E-state index is 0.0985. The SMILES string of the molecule is CCCS(=O)(=O)O/N=C(/c1ccc(OCC(C)(C)C)cc1)C(F)(F)F. The van der Waals surface area contributed by atoms with Gasteiger partial charge in [0.05, 0.1) is 12.4 Å². The van der Waals surface area contributed by atoms with Gasteiger partial charge in [-0.15, -0.1) is 0 Å². The van der Waals surface area contributed by atoms with E-state index in [9.17, 15) is 21.6 Å². The minimum atomic E-state index is -4.87. The summed E-state index contributed by atoms with van der Waals surface area (Å²) in [6.45, 7) is 7.84. The van der Waals surface area contributed by atoms with Crippen LogP contribution in [0.1, 0.15) is 39.7 Å². The van der Waals surface area contributed by atoms with Crippen molar-refractivity contribution in [3.8, 4) is 5.75 Å². The fraction of sp³-hybridized carbons (Fsp3) is 0.562. The molecule has 0 amide bonds. The van der Waals surface area contributed by atoms with Crippen molar-refractivity contribution in [2.24, 2.45) is 10.6 Å². The van der Waals surface area contributed by atoms with Crippen molar-refractivity contribution in [1.29, 1.82) is 0 Å². The van der Waals surface area contributed by atoms with Crippen LogP contribution in [0.15, 0.2) is 29.4 Å². The van der Waals surface area contributed by atoms with Gasteiger partial charge in [-0.1, -0.05) is 32.9 Å². The highest BCUT2D eigenvalue weighted by molar-refractivity contribution is 7.86. The van der Waals surface area contributed by atoms with E-state index in [2.05, 4.69) is 9.44 Å². The standard InChI is InChI=1S/C16H22F3NO4S/c1-5-10-25(21,22)24-20-14(16(17,18)19)12-6-8-13(9-7-12)23-11-15(2,3)4/h6-9H,5,10-11H2,1-4H3/b20-14-. The summed E-state index contributed by atoms with van der Waals surface area (Å²) in [4.78, 5) is 0. The number of hydrogen-bond donors (Lipinski definition) is 0. The zero-order chi connectivity index (χ0) is 19.3. The topological polar surface area (TPSA) is 65.0 Å². The lowest BCUT2D eigenvalue weighted by molar-refractivity contribution is -0.0597. The van der Waals surface area contributed by atoms with Crippen LogP contribution in [-0.2, 0) is 14.4 Å². The fourth-order valence-corrected chi connectivity index (χ4v) is 2.42. The summed E-state index contributed by atoms with van der Waals surface area (Å²) in [5.41, 5.74) is -1.84. The van der Waals surface area contributed by atoms with Gasteiger partial charge in [-0.25, -0.2) is 0 Å². The Balaban J connectivity index is 3.01. The summed E-state index contributed by atoms with van der Waals surface area (Å²) in [5.74, 6) is -0.0129. The van der Waals surface area contributed by atoms with Crippen molar-refractivity contribution in [3.05, 3.63) is 29.8 Å². The second kappa shape index (κ2) is 8.07. The van der Waals surface area contributed by atoms with Crippen LogP contribution in [0, 0.1) is 5.41 Å². The van der Waals surface area contributed by atoms with Gasteiger partial charge in [-0.2, -0.15) is 21.6 Å². The maximum absolute atomic E-state index is 13.1. The molecule has 0 radical (unpaired) electrons. The van der Waals surface area contributed by atoms with Crippen LogP contribution < -0.4 is 4.74 Å². The molecule has 0 aliphatic carbocycles. The fourth-order valence-electron chi connectivity index (χ4n) is 1.66. The first-order valence-corrected chi connectivity index (χ1v) is 9.21. The van der Waals surface area contributed by atoms with Gasteiger partial charge in [0.2, 0.25) is 0 Å². The molecule has 0 aliphatic rings. The molecule has 1 aromatic rings. The summed E-state index contributed by atoms with van der Waals surface area (Å²) >= 11 is 0. The molecule has 0 N–H and O–H groups in total. The Kier molecular flexibility index (Phi) is 6.87. The predicted octanol–water partition coefficient (Wildman–Crippen LogP) is 4.13. The highest BCUT2D eigenvalue weighted by atomic mass is 32.2. The zero-order valence-electron chi connectivity index (χ0n) is 14.6. The summed E-state index contributed by atoms with van der Waals surface area (Å²) in [6, 6.07) is 5.03. The number of halogens is 3. The lowest BCUT2D eigenvalue weighted by Crippen LogP contribution is -2.25. The Morgan fingerprint density at radius 1 is 1.12 bits per heavy atom. The lowest BCUT2D eigenvalue weighted by Gasteiger charge is -2.19. The van der Waals surface area contributed by atoms with E-state index in [1.165, 1.54) is 12.1 Å². The first kappa shape index (κ1) is 21.3. The Hall–Kier alpha value is -1.77. The molecule has 25 heavy (non-hydrogen) atoms. The summed E-state index contributed by atoms with van der Waals surface area (Å²) in [7, 11) is -4.14. The monoisotopic (exact) mass is 381 g/mol. The average molecular weight is 381 g/mol. The normalized spacial score (nSPS) is 13.6. The van der Waals surface area contributed by atoms with Gasteiger partial charge in [0.25, 0.3) is 0 Å². The molecule has 0 bridgehead atoms. The van der Waals surface area contributed by atoms with Gasteiger partial charge in [0, 0.05) is 5.56 Å². The molecule has 1 aromatic carbocycles. The second-order valence-corrected chi connectivity index (χ2v) is 8.32. The smallest absolute Gasteiger partial charge is 0.437 e. The summed E-state index contributed by atoms with van der Waals surface area (Å²) in [6.07, 6.45) is -4.66. The zero-order valence-corrected chi connectivity index (χ0v) is 15.4. The molecule has 0 atom stereocenters. The van der Waals surface area contributed by atoms with E-state index >= 15 is 0 Å². The van der Waals surface area contributed by atoms with E-state index in [1.54, 1.807) is 6.92 Å². The third-order valence-electron chi connectivity index (χ3n) is 2.76. The Bertz CT molecular complexity index is 690. The Labute approximate surface area is 145 Å². The van der Waals surface area contributed by atoms with Gasteiger partial charge in [0.1, 0.15) is 5.75 Å². The van der Waals surface area contributed by atoms with Crippen molar-refractivity contribution in [3.63, 3.8) is 0 Å². The van der Waals surface area contributed by atoms with Gasteiger partial charge in [0.15, 0.2) is 5.71 Å². The van der Waals surface area contributed by atoms with E-state index in [0.717, 1.165) is 12.1 Å². The quantitative estimate of drug-likeness (QED) is 0.526. The highest BCUT2D eigenvalue weighted by Crippen LogP contribution is 2.25. The number of hydrogen-bond acceptors (Lipinski definition) is 5. The van der Waals surface area contributed by atoms with Gasteiger partial charge in [-0.3, -0.25) is 4.28 Å². The van der Waals surface area contributed by atoms with Crippen molar-refractivity contribution in [2.45, 2.75) is 40.3 Å². The largest absolute Gasteiger partial charge is 0.493 e. The maximum Gasteiger partial charge on any atom is 0.437 e. The Morgan fingerprint density at radius 2 is 1.68 bits per heavy atom. The van der Waals surface area contributed by atoms with Gasteiger partial charge < -0.3 is 4.74 Å². The van der Waals surface area contributed by atoms with E-state index in [0.29, 0.717) is 12.4 Å². The molecule has 0 aliphatic heterocycles. The first-order chi connectivity index (χ1) is 11.3. The molecular weight excluding hydrogens is 359 g/mol. The van der Waals surface area contributed by atoms with E-state index in [4.69, 9.17) is 4.74 Å². The van der Waals surface area contributed by atoms with E-state index in [-0.39, 0.29) is 17.4 Å². The molecule has 0 unspecified atom stereocenters. The van der Waals surface area contributed by atoms with Crippen LogP contribution in [0.4, 0.5) is 13.2 Å². The first-order valence-electron chi connectivity index (χ1n) is 7.64. The molecule has 142 valence electrons. The van der Waals surface area contributed by atoms with Gasteiger partial charge in [-0.05, 0) is 36.1 Å². The lowest BCUT2D eigenvalue weighted by atomic mass is 9.99. The van der Waals surface area contributed by atoms with Crippen LogP contribution in [0.25, 0.3) is 0 Å². The second-order valence-electron chi connectivity index (χ2n) is 6.65. The Morgan fingerprint density at radius 3 is 2.12 bits per heavy atom. The molecule has 5 nitrogen and oxygen atoms in total. The van der Waals surface area contributed by atoms with E-state index in [1.807, 2.05) is 20.8 Å². The van der Waals surface area contributed by atoms with Crippen molar-refractivity contribution in [2.75, 3.05) is 12.4 Å². The third-order valence-corrected chi connectivity index (χ3v) is 3.97. The van der Waals surface area contributed by atoms with Crippen LogP contribution in [0.3, 0.4) is 0 Å². The molecule has 0 fully saturated rings. The number of oxime groups is 1. The molecule has 1 rings (SSSR count). The van der Waals surface area contributed by atoms with Crippen molar-refractivity contribution < 1.29 is 30.6 Å². The number of nitrogens with zero attached hydrogens (tertiary/aromatic N) is 1. The maximum atomic E-state index is 13.1. The van der Waals surface area contributed by atoms with Crippen LogP contribution in [0.5, 0.6) is 5.75 Å². The van der Waals surface area contributed by atoms with E-state index < -0.39 is 27.8 Å². The van der Waals surface area contributed by atoms with Crippen molar-refractivity contribution in [1.82, 2.24) is 0 Å². The average Bonchev–Trinajstić information content (AvgIpc) is 2.44. The third kappa shape index (κ3) is 7.76. The highest BCUT2D eigenvalue weighted by Gasteiger charge is 2.38. The predicted molar refractivity (Wildman–Crippen MR) is 89.1 cm³/mol. The molecule has 0 heterocycles. The van der Waals surface area contributed by atoms with Crippen molar-refractivity contribution >= 4 is 15.8 Å². The molecule has 0 saturated carbocycles. The minimum Gasteiger partial charge on any atom is -0.493 e. The molecule has 0 aromatic heterocycles. The number of ether oxygens (including phenoxy) is 1. The number of rotatable bonds is 7. The van der Waals surface area contributed by atoms with Crippen LogP contribution >= 0.6 is 0 Å². The van der Waals surface area contributed by atoms with Gasteiger partial charge >= 0.3 is 16.3 Å².